The minimum atomic E-state index is -0.610. The summed E-state index contributed by atoms with van der Waals surface area (Å²) < 4.78 is 5.50. The molecular weight excluding hydrogens is 304 g/mol. The number of aromatic nitrogens is 1. The maximum atomic E-state index is 10.6. The average Bonchev–Trinajstić information content (AvgIpc) is 2.93. The number of furan rings is 1. The molecule has 7 N–H and O–H groups in total. The molecule has 2 aromatic heterocycles. The number of primary amides is 1. The third kappa shape index (κ3) is 4.14. The molecule has 0 spiro atoms. The van der Waals surface area contributed by atoms with Crippen molar-refractivity contribution < 1.29 is 9.21 Å². The summed E-state index contributed by atoms with van der Waals surface area (Å²) in [6.45, 7) is 0.222. The molecule has 0 unspecified atom stereocenters. The second-order valence-corrected chi connectivity index (χ2v) is 4.37. The lowest BCUT2D eigenvalue weighted by Gasteiger charge is -1.96. The van der Waals surface area contributed by atoms with Crippen molar-refractivity contribution in [2.45, 2.75) is 6.54 Å². The smallest absolute Gasteiger partial charge is 0.312 e. The monoisotopic (exact) mass is 316 g/mol. The molecule has 2 rings (SSSR count). The van der Waals surface area contributed by atoms with Crippen LogP contribution in [0.25, 0.3) is 11.5 Å². The van der Waals surface area contributed by atoms with E-state index in [0.29, 0.717) is 22.3 Å². The summed E-state index contributed by atoms with van der Waals surface area (Å²) in [6, 6.07) is 2.86. The molecule has 0 aliphatic rings. The van der Waals surface area contributed by atoms with Crippen LogP contribution in [0.3, 0.4) is 0 Å². The van der Waals surface area contributed by atoms with E-state index < -0.39 is 6.03 Å². The summed E-state index contributed by atoms with van der Waals surface area (Å²) in [5.74, 6) is 1.09. The number of rotatable bonds is 4. The molecule has 0 bridgehead atoms. The molecule has 0 radical (unpaired) electrons. The third-order valence-electron chi connectivity index (χ3n) is 2.07. The topological polar surface area (TPSA) is 146 Å². The van der Waals surface area contributed by atoms with Gasteiger partial charge in [-0.2, -0.15) is 4.99 Å². The van der Waals surface area contributed by atoms with Gasteiger partial charge in [-0.15, -0.1) is 23.7 Å². The lowest BCUT2D eigenvalue weighted by molar-refractivity contribution is 0.247. The maximum Gasteiger partial charge on any atom is 0.312 e. The van der Waals surface area contributed by atoms with Crippen molar-refractivity contribution in [1.29, 1.82) is 0 Å². The van der Waals surface area contributed by atoms with E-state index in [9.17, 15) is 4.79 Å². The molecule has 0 fully saturated rings. The fourth-order valence-electron chi connectivity index (χ4n) is 1.32. The van der Waals surface area contributed by atoms with Crippen LogP contribution in [-0.4, -0.2) is 17.0 Å². The summed E-state index contributed by atoms with van der Waals surface area (Å²) in [4.78, 5) is 18.6. The highest BCUT2D eigenvalue weighted by atomic mass is 35.5. The molecule has 20 heavy (non-hydrogen) atoms. The lowest BCUT2D eigenvalue weighted by Crippen LogP contribution is -2.28. The van der Waals surface area contributed by atoms with Gasteiger partial charge in [0.2, 0.25) is 5.13 Å². The summed E-state index contributed by atoms with van der Waals surface area (Å²) >= 11 is 1.29. The van der Waals surface area contributed by atoms with Crippen molar-refractivity contribution >= 4 is 40.9 Å². The Kier molecular flexibility index (Phi) is 5.35. The van der Waals surface area contributed by atoms with Crippen molar-refractivity contribution in [3.05, 3.63) is 23.3 Å². The number of nitrogens with zero attached hydrogens (tertiary/aromatic N) is 2. The van der Waals surface area contributed by atoms with E-state index in [1.54, 1.807) is 17.5 Å². The van der Waals surface area contributed by atoms with E-state index in [4.69, 9.17) is 21.6 Å². The maximum absolute atomic E-state index is 10.6. The van der Waals surface area contributed by atoms with E-state index in [1.807, 2.05) is 0 Å². The van der Waals surface area contributed by atoms with Gasteiger partial charge >= 0.3 is 6.03 Å². The third-order valence-corrected chi connectivity index (χ3v) is 2.80. The molecule has 0 aliphatic heterocycles. The highest BCUT2D eigenvalue weighted by Gasteiger charge is 2.09. The molecule has 2 aromatic rings. The summed E-state index contributed by atoms with van der Waals surface area (Å²) in [7, 11) is 0. The fraction of sp³-hybridized carbons (Fsp3) is 0.100. The molecule has 0 aliphatic carbocycles. The van der Waals surface area contributed by atoms with Crippen LogP contribution in [0, 0.1) is 0 Å². The highest BCUT2D eigenvalue weighted by molar-refractivity contribution is 7.13. The predicted octanol–water partition coefficient (Wildman–Crippen LogP) is 0.898. The minimum absolute atomic E-state index is 0. The Morgan fingerprint density at radius 1 is 1.40 bits per heavy atom. The number of hydrogen-bond donors (Lipinski definition) is 4. The zero-order valence-electron chi connectivity index (χ0n) is 10.2. The van der Waals surface area contributed by atoms with Crippen LogP contribution in [-0.2, 0) is 6.54 Å². The largest absolute Gasteiger partial charge is 0.458 e. The van der Waals surface area contributed by atoms with Gasteiger partial charge in [0, 0.05) is 5.38 Å². The molecule has 0 saturated heterocycles. The first-order chi connectivity index (χ1) is 9.04. The first kappa shape index (κ1) is 15.8. The quantitative estimate of drug-likeness (QED) is 0.489. The van der Waals surface area contributed by atoms with Crippen LogP contribution in [0.5, 0.6) is 0 Å². The zero-order valence-corrected chi connectivity index (χ0v) is 11.8. The molecule has 0 saturated carbocycles. The minimum Gasteiger partial charge on any atom is -0.458 e. The molecule has 2 heterocycles. The van der Waals surface area contributed by atoms with E-state index in [1.165, 1.54) is 11.3 Å². The first-order valence-electron chi connectivity index (χ1n) is 5.22. The Labute approximate surface area is 124 Å². The molecule has 108 valence electrons. The number of hydrogen-bond acceptors (Lipinski definition) is 5. The van der Waals surface area contributed by atoms with Gasteiger partial charge in [0.15, 0.2) is 11.7 Å². The van der Waals surface area contributed by atoms with Crippen molar-refractivity contribution in [2.24, 2.45) is 22.2 Å². The van der Waals surface area contributed by atoms with Crippen LogP contribution >= 0.6 is 23.7 Å². The molecule has 10 heteroatoms. The van der Waals surface area contributed by atoms with Crippen LogP contribution < -0.4 is 22.5 Å². The second kappa shape index (κ2) is 6.78. The molecule has 8 nitrogen and oxygen atoms in total. The number of guanidine groups is 1. The number of aliphatic imine (C=N–C) groups is 1. The van der Waals surface area contributed by atoms with Gasteiger partial charge in [-0.05, 0) is 12.1 Å². The second-order valence-electron chi connectivity index (χ2n) is 3.54. The molecule has 0 atom stereocenters. The number of halogens is 1. The van der Waals surface area contributed by atoms with Gasteiger partial charge in [-0.3, -0.25) is 0 Å². The van der Waals surface area contributed by atoms with Gasteiger partial charge in [-0.1, -0.05) is 0 Å². The number of nitrogens with one attached hydrogen (secondary N) is 1. The van der Waals surface area contributed by atoms with E-state index in [2.05, 4.69) is 15.3 Å². The van der Waals surface area contributed by atoms with Crippen molar-refractivity contribution in [2.75, 3.05) is 0 Å². The normalized spacial score (nSPS) is 9.60. The summed E-state index contributed by atoms with van der Waals surface area (Å²) in [6.07, 6.45) is 0. The number of amides is 2. The van der Waals surface area contributed by atoms with Crippen molar-refractivity contribution in [1.82, 2.24) is 10.3 Å². The zero-order chi connectivity index (χ0) is 13.8. The van der Waals surface area contributed by atoms with Gasteiger partial charge in [0.25, 0.3) is 0 Å². The standard InChI is InChI=1S/C10H12N6O2S.ClH/c11-8(12)16-10-15-6(4-19-10)7-2-1-5(18-7)3-14-9(13)17;/h1-2,4H,3H2,(H3,13,14,17)(H4,11,12,15,16);1H. The van der Waals surface area contributed by atoms with Crippen molar-refractivity contribution in [3.63, 3.8) is 0 Å². The number of nitrogens with two attached hydrogens (primary N) is 3. The number of carbonyl (C=O) groups excluding carboxylic acids is 1. The van der Waals surface area contributed by atoms with Crippen LogP contribution in [0.1, 0.15) is 5.76 Å². The lowest BCUT2D eigenvalue weighted by atomic mass is 10.3. The number of urea groups is 1. The van der Waals surface area contributed by atoms with Gasteiger partial charge in [0.1, 0.15) is 11.5 Å². The van der Waals surface area contributed by atoms with Crippen LogP contribution in [0.4, 0.5) is 9.93 Å². The molecule has 2 amide bonds. The predicted molar refractivity (Wildman–Crippen MR) is 79.0 cm³/mol. The Bertz CT molecular complexity index is 619. The number of carbonyl (C=O) groups is 1. The van der Waals surface area contributed by atoms with Crippen molar-refractivity contribution in [3.8, 4) is 11.5 Å². The Morgan fingerprint density at radius 3 is 2.80 bits per heavy atom. The number of thiazole rings is 1. The summed E-state index contributed by atoms with van der Waals surface area (Å²) in [5, 5.41) is 4.65. The van der Waals surface area contributed by atoms with E-state index in [0.717, 1.165) is 0 Å². The Morgan fingerprint density at radius 2 is 2.15 bits per heavy atom. The van der Waals surface area contributed by atoms with Gasteiger partial charge < -0.3 is 26.9 Å². The van der Waals surface area contributed by atoms with E-state index in [-0.39, 0.29) is 24.9 Å². The van der Waals surface area contributed by atoms with Crippen LogP contribution in [0.15, 0.2) is 26.9 Å². The van der Waals surface area contributed by atoms with E-state index >= 15 is 0 Å². The molecular formula is C10H13ClN6O2S. The first-order valence-corrected chi connectivity index (χ1v) is 6.10. The fourth-order valence-corrected chi connectivity index (χ4v) is 2.02. The van der Waals surface area contributed by atoms with Gasteiger partial charge in [0.05, 0.1) is 6.54 Å². The molecule has 0 aromatic carbocycles. The highest BCUT2D eigenvalue weighted by Crippen LogP contribution is 2.27. The average molecular weight is 317 g/mol. The van der Waals surface area contributed by atoms with Gasteiger partial charge in [-0.25, -0.2) is 9.78 Å². The SMILES string of the molecule is Cl.NC(=O)NCc1ccc(-c2csc(N=C(N)N)n2)o1. The Hall–Kier alpha value is -2.26. The summed E-state index contributed by atoms with van der Waals surface area (Å²) in [5.41, 5.74) is 16.1. The van der Waals surface area contributed by atoms with Crippen LogP contribution in [0.2, 0.25) is 0 Å². The Balaban J connectivity index is 0.00000200.